The van der Waals surface area contributed by atoms with Crippen LogP contribution in [0.5, 0.6) is 5.75 Å². The summed E-state index contributed by atoms with van der Waals surface area (Å²) in [6.07, 6.45) is 0. The maximum absolute atomic E-state index is 14.0. The molecule has 8 nitrogen and oxygen atoms in total. The van der Waals surface area contributed by atoms with E-state index in [0.29, 0.717) is 22.7 Å². The molecule has 2 heterocycles. The Bertz CT molecular complexity index is 1560. The summed E-state index contributed by atoms with van der Waals surface area (Å²) in [5, 5.41) is 2.35. The number of hydrogen-bond acceptors (Lipinski definition) is 5. The molecule has 0 aliphatic rings. The fraction of sp³-hybridized carbons (Fsp3) is 0.167. The van der Waals surface area contributed by atoms with E-state index in [2.05, 4.69) is 10.3 Å². The van der Waals surface area contributed by atoms with Crippen LogP contribution in [0.4, 0.5) is 14.5 Å². The van der Waals surface area contributed by atoms with Gasteiger partial charge in [0.2, 0.25) is 5.91 Å². The smallest absolute Gasteiger partial charge is 0.337 e. The quantitative estimate of drug-likeness (QED) is 0.488. The van der Waals surface area contributed by atoms with Gasteiger partial charge in [-0.05, 0) is 49.7 Å². The van der Waals surface area contributed by atoms with Crippen LogP contribution >= 0.6 is 0 Å². The van der Waals surface area contributed by atoms with Gasteiger partial charge in [0, 0.05) is 11.8 Å². The number of para-hydroxylation sites is 2. The average molecular weight is 466 g/mol. The highest BCUT2D eigenvalue weighted by Gasteiger charge is 2.21. The number of carbonyl (C=O) groups excluding carboxylic acids is 1. The molecule has 4 aromatic rings. The Morgan fingerprint density at radius 1 is 1.09 bits per heavy atom. The molecule has 1 amide bonds. The Balaban J connectivity index is 1.93. The molecule has 0 saturated heterocycles. The molecule has 10 heteroatoms. The second kappa shape index (κ2) is 8.89. The SMILES string of the molecule is COc1ccccc1-n1c(=O)n(CC(=O)Nc2cc(F)ccc2F)c(=O)c2c(C)cc(C)nc21. The first-order chi connectivity index (χ1) is 16.2. The molecule has 0 radical (unpaired) electrons. The van der Waals surface area contributed by atoms with Crippen LogP contribution in [-0.4, -0.2) is 27.1 Å². The van der Waals surface area contributed by atoms with Crippen molar-refractivity contribution in [1.29, 1.82) is 0 Å². The first-order valence-electron chi connectivity index (χ1n) is 10.2. The number of nitrogens with one attached hydrogen (secondary N) is 1. The summed E-state index contributed by atoms with van der Waals surface area (Å²) in [4.78, 5) is 43.9. The zero-order valence-electron chi connectivity index (χ0n) is 18.6. The van der Waals surface area contributed by atoms with Crippen LogP contribution in [0.2, 0.25) is 0 Å². The number of rotatable bonds is 5. The van der Waals surface area contributed by atoms with Crippen molar-refractivity contribution in [3.63, 3.8) is 0 Å². The maximum Gasteiger partial charge on any atom is 0.337 e. The highest BCUT2D eigenvalue weighted by atomic mass is 19.1. The molecule has 174 valence electrons. The molecular weight excluding hydrogens is 446 g/mol. The van der Waals surface area contributed by atoms with Crippen LogP contribution in [0, 0.1) is 25.5 Å². The van der Waals surface area contributed by atoms with Crippen molar-refractivity contribution in [3.05, 3.63) is 92.3 Å². The Labute approximate surface area is 192 Å². The van der Waals surface area contributed by atoms with Crippen LogP contribution in [-0.2, 0) is 11.3 Å². The molecule has 2 aromatic carbocycles. The minimum absolute atomic E-state index is 0.116. The van der Waals surface area contributed by atoms with Crippen LogP contribution in [0.25, 0.3) is 16.7 Å². The van der Waals surface area contributed by atoms with E-state index in [1.54, 1.807) is 44.2 Å². The second-order valence-corrected chi connectivity index (χ2v) is 7.63. The van der Waals surface area contributed by atoms with Crippen molar-refractivity contribution in [3.8, 4) is 11.4 Å². The fourth-order valence-electron chi connectivity index (χ4n) is 3.77. The third-order valence-corrected chi connectivity index (χ3v) is 5.25. The van der Waals surface area contributed by atoms with E-state index in [-0.39, 0.29) is 11.0 Å². The van der Waals surface area contributed by atoms with Gasteiger partial charge >= 0.3 is 5.69 Å². The van der Waals surface area contributed by atoms with Crippen molar-refractivity contribution in [1.82, 2.24) is 14.1 Å². The van der Waals surface area contributed by atoms with Gasteiger partial charge < -0.3 is 10.1 Å². The van der Waals surface area contributed by atoms with Crippen molar-refractivity contribution in [2.75, 3.05) is 12.4 Å². The Kier molecular flexibility index (Phi) is 5.97. The van der Waals surface area contributed by atoms with Gasteiger partial charge in [0.15, 0.2) is 5.65 Å². The zero-order valence-corrected chi connectivity index (χ0v) is 18.6. The van der Waals surface area contributed by atoms with Crippen LogP contribution in [0.15, 0.2) is 58.1 Å². The number of ether oxygens (including phenoxy) is 1. The van der Waals surface area contributed by atoms with Gasteiger partial charge in [-0.3, -0.25) is 9.59 Å². The Hall–Kier alpha value is -4.34. The predicted molar refractivity (Wildman–Crippen MR) is 123 cm³/mol. The fourth-order valence-corrected chi connectivity index (χ4v) is 3.77. The highest BCUT2D eigenvalue weighted by molar-refractivity contribution is 5.91. The summed E-state index contributed by atoms with van der Waals surface area (Å²) < 4.78 is 34.7. The van der Waals surface area contributed by atoms with Crippen LogP contribution in [0.1, 0.15) is 11.3 Å². The number of nitrogens with zero attached hydrogens (tertiary/aromatic N) is 3. The van der Waals surface area contributed by atoms with Gasteiger partial charge in [0.1, 0.15) is 23.9 Å². The summed E-state index contributed by atoms with van der Waals surface area (Å²) in [7, 11) is 1.44. The van der Waals surface area contributed by atoms with Crippen molar-refractivity contribution >= 4 is 22.6 Å². The van der Waals surface area contributed by atoms with Gasteiger partial charge in [-0.1, -0.05) is 12.1 Å². The number of halogens is 2. The van der Waals surface area contributed by atoms with E-state index in [4.69, 9.17) is 4.74 Å². The third-order valence-electron chi connectivity index (χ3n) is 5.25. The average Bonchev–Trinajstić information content (AvgIpc) is 2.79. The molecule has 34 heavy (non-hydrogen) atoms. The number of anilines is 1. The lowest BCUT2D eigenvalue weighted by Crippen LogP contribution is -2.42. The molecule has 2 aromatic heterocycles. The standard InChI is InChI=1S/C24H20F2N4O4/c1-13-10-14(2)27-22-21(13)23(32)29(12-20(31)28-17-11-15(25)8-9-16(17)26)24(33)30(22)18-6-4-5-7-19(18)34-3/h4-11H,12H2,1-3H3,(H,28,31). The molecule has 0 aliphatic carbocycles. The van der Waals surface area contributed by atoms with Gasteiger partial charge in [-0.15, -0.1) is 0 Å². The summed E-state index contributed by atoms with van der Waals surface area (Å²) in [5.41, 5.74) is -0.392. The van der Waals surface area contributed by atoms with E-state index in [9.17, 15) is 23.2 Å². The molecule has 0 saturated carbocycles. The van der Waals surface area contributed by atoms with E-state index in [1.165, 1.54) is 11.7 Å². The van der Waals surface area contributed by atoms with Gasteiger partial charge in [-0.25, -0.2) is 27.7 Å². The lowest BCUT2D eigenvalue weighted by atomic mass is 10.1. The van der Waals surface area contributed by atoms with Crippen molar-refractivity contribution in [2.24, 2.45) is 0 Å². The normalized spacial score (nSPS) is 11.0. The number of fused-ring (bicyclic) bond motifs is 1. The molecule has 1 N–H and O–H groups in total. The number of aryl methyl sites for hydroxylation is 2. The molecule has 0 aliphatic heterocycles. The third kappa shape index (κ3) is 4.05. The summed E-state index contributed by atoms with van der Waals surface area (Å²) in [6, 6.07) is 10.9. The number of benzene rings is 2. The number of methoxy groups -OCH3 is 1. The van der Waals surface area contributed by atoms with Gasteiger partial charge in [0.05, 0.1) is 23.9 Å². The Morgan fingerprint density at radius 2 is 1.82 bits per heavy atom. The lowest BCUT2D eigenvalue weighted by molar-refractivity contribution is -0.116. The molecule has 0 fully saturated rings. The van der Waals surface area contributed by atoms with Crippen LogP contribution in [0.3, 0.4) is 0 Å². The minimum Gasteiger partial charge on any atom is -0.495 e. The van der Waals surface area contributed by atoms with Gasteiger partial charge in [0.25, 0.3) is 5.56 Å². The number of pyridine rings is 1. The molecule has 0 bridgehead atoms. The van der Waals surface area contributed by atoms with E-state index in [0.717, 1.165) is 22.8 Å². The second-order valence-electron chi connectivity index (χ2n) is 7.63. The van der Waals surface area contributed by atoms with Crippen molar-refractivity contribution < 1.29 is 18.3 Å². The van der Waals surface area contributed by atoms with Crippen LogP contribution < -0.4 is 21.3 Å². The van der Waals surface area contributed by atoms with Gasteiger partial charge in [-0.2, -0.15) is 0 Å². The molecule has 0 atom stereocenters. The Morgan fingerprint density at radius 3 is 2.56 bits per heavy atom. The molecule has 0 spiro atoms. The maximum atomic E-state index is 14.0. The zero-order chi connectivity index (χ0) is 24.6. The van der Waals surface area contributed by atoms with Crippen molar-refractivity contribution in [2.45, 2.75) is 20.4 Å². The number of carbonyl (C=O) groups is 1. The number of hydrogen-bond donors (Lipinski definition) is 1. The first-order valence-corrected chi connectivity index (χ1v) is 10.2. The number of aromatic nitrogens is 3. The summed E-state index contributed by atoms with van der Waals surface area (Å²) in [5.74, 6) is -2.14. The number of amides is 1. The lowest BCUT2D eigenvalue weighted by Gasteiger charge is -2.17. The summed E-state index contributed by atoms with van der Waals surface area (Å²) >= 11 is 0. The molecular formula is C24H20F2N4O4. The van der Waals surface area contributed by atoms with E-state index in [1.807, 2.05) is 0 Å². The minimum atomic E-state index is -0.882. The highest BCUT2D eigenvalue weighted by Crippen LogP contribution is 2.24. The topological polar surface area (TPSA) is 95.2 Å². The van der Waals surface area contributed by atoms with E-state index >= 15 is 0 Å². The van der Waals surface area contributed by atoms with E-state index < -0.39 is 41.0 Å². The largest absolute Gasteiger partial charge is 0.495 e. The molecule has 0 unspecified atom stereocenters. The monoisotopic (exact) mass is 466 g/mol. The summed E-state index contributed by atoms with van der Waals surface area (Å²) in [6.45, 7) is 2.70. The first kappa shape index (κ1) is 22.8. The predicted octanol–water partition coefficient (Wildman–Crippen LogP) is 3.09. The molecule has 4 rings (SSSR count).